The van der Waals surface area contributed by atoms with E-state index in [0.29, 0.717) is 25.2 Å². The molecule has 0 aliphatic carbocycles. The van der Waals surface area contributed by atoms with Crippen molar-refractivity contribution in [2.24, 2.45) is 5.73 Å². The Morgan fingerprint density at radius 3 is 3.13 bits per heavy atom. The molecule has 1 aromatic rings. The van der Waals surface area contributed by atoms with Crippen LogP contribution in [0.15, 0.2) is 6.20 Å². The van der Waals surface area contributed by atoms with E-state index in [4.69, 9.17) is 5.73 Å². The van der Waals surface area contributed by atoms with E-state index < -0.39 is 0 Å². The zero-order valence-corrected chi connectivity index (χ0v) is 8.32. The van der Waals surface area contributed by atoms with Crippen molar-refractivity contribution in [2.45, 2.75) is 19.5 Å². The van der Waals surface area contributed by atoms with Crippen molar-refractivity contribution in [3.8, 4) is 0 Å². The molecule has 0 aliphatic heterocycles. The van der Waals surface area contributed by atoms with Crippen molar-refractivity contribution < 1.29 is 9.18 Å². The normalized spacial score (nSPS) is 10.3. The summed E-state index contributed by atoms with van der Waals surface area (Å²) >= 11 is 0. The molecule has 0 radical (unpaired) electrons. The van der Waals surface area contributed by atoms with Crippen LogP contribution in [-0.2, 0) is 17.9 Å². The van der Waals surface area contributed by atoms with Gasteiger partial charge in [0.05, 0.1) is 26.0 Å². The fourth-order valence-corrected chi connectivity index (χ4v) is 1.01. The second-order valence-electron chi connectivity index (χ2n) is 3.00. The van der Waals surface area contributed by atoms with Crippen LogP contribution in [0, 0.1) is 0 Å². The predicted molar refractivity (Wildman–Crippen MR) is 51.5 cm³/mol. The van der Waals surface area contributed by atoms with Crippen molar-refractivity contribution in [3.63, 3.8) is 0 Å². The third kappa shape index (κ3) is 4.03. The SMILES string of the molecule is NCC(=O)NCc1cn(CCCF)nn1. The molecule has 1 rings (SSSR count). The van der Waals surface area contributed by atoms with Crippen LogP contribution in [0.1, 0.15) is 12.1 Å². The molecule has 7 heteroatoms. The highest BCUT2D eigenvalue weighted by atomic mass is 19.1. The van der Waals surface area contributed by atoms with Crippen LogP contribution in [0.25, 0.3) is 0 Å². The molecule has 1 heterocycles. The van der Waals surface area contributed by atoms with E-state index in [1.54, 1.807) is 10.9 Å². The highest BCUT2D eigenvalue weighted by Crippen LogP contribution is 1.94. The Labute approximate surface area is 86.6 Å². The minimum absolute atomic E-state index is 0.0456. The van der Waals surface area contributed by atoms with Crippen LogP contribution in [-0.4, -0.2) is 34.1 Å². The molecular weight excluding hydrogens is 201 g/mol. The largest absolute Gasteiger partial charge is 0.349 e. The second-order valence-corrected chi connectivity index (χ2v) is 3.00. The Morgan fingerprint density at radius 2 is 2.47 bits per heavy atom. The topological polar surface area (TPSA) is 85.8 Å². The van der Waals surface area contributed by atoms with Gasteiger partial charge in [-0.2, -0.15) is 0 Å². The smallest absolute Gasteiger partial charge is 0.234 e. The number of aryl methyl sites for hydroxylation is 1. The molecule has 0 atom stereocenters. The number of nitrogens with zero attached hydrogens (tertiary/aromatic N) is 3. The van der Waals surface area contributed by atoms with Crippen LogP contribution < -0.4 is 11.1 Å². The molecule has 1 aromatic heterocycles. The highest BCUT2D eigenvalue weighted by Gasteiger charge is 2.02. The van der Waals surface area contributed by atoms with Gasteiger partial charge in [0.1, 0.15) is 5.69 Å². The van der Waals surface area contributed by atoms with Crippen molar-refractivity contribution in [3.05, 3.63) is 11.9 Å². The van der Waals surface area contributed by atoms with Gasteiger partial charge in [0.25, 0.3) is 0 Å². The van der Waals surface area contributed by atoms with E-state index in [1.807, 2.05) is 0 Å². The van der Waals surface area contributed by atoms with Crippen molar-refractivity contribution in [1.29, 1.82) is 0 Å². The average Bonchev–Trinajstić information content (AvgIpc) is 2.71. The van der Waals surface area contributed by atoms with E-state index in [2.05, 4.69) is 15.6 Å². The molecule has 0 aromatic carbocycles. The van der Waals surface area contributed by atoms with Gasteiger partial charge in [0, 0.05) is 6.54 Å². The van der Waals surface area contributed by atoms with Gasteiger partial charge in [-0.15, -0.1) is 5.10 Å². The minimum Gasteiger partial charge on any atom is -0.349 e. The summed E-state index contributed by atoms with van der Waals surface area (Å²) in [6.07, 6.45) is 2.09. The summed E-state index contributed by atoms with van der Waals surface area (Å²) in [6, 6.07) is 0. The van der Waals surface area contributed by atoms with Gasteiger partial charge < -0.3 is 11.1 Å². The molecule has 3 N–H and O–H groups in total. The molecule has 0 saturated heterocycles. The number of nitrogens with two attached hydrogens (primary N) is 1. The fraction of sp³-hybridized carbons (Fsp3) is 0.625. The summed E-state index contributed by atoms with van der Waals surface area (Å²) in [6.45, 7) is 0.370. The number of nitrogens with one attached hydrogen (secondary N) is 1. The first-order valence-corrected chi connectivity index (χ1v) is 4.68. The monoisotopic (exact) mass is 215 g/mol. The molecule has 84 valence electrons. The van der Waals surface area contributed by atoms with Crippen LogP contribution >= 0.6 is 0 Å². The third-order valence-corrected chi connectivity index (χ3v) is 1.76. The molecule has 15 heavy (non-hydrogen) atoms. The summed E-state index contributed by atoms with van der Waals surface area (Å²) in [7, 11) is 0. The van der Waals surface area contributed by atoms with Crippen molar-refractivity contribution in [1.82, 2.24) is 20.3 Å². The molecular formula is C8H14FN5O. The fourth-order valence-electron chi connectivity index (χ4n) is 1.01. The Kier molecular flexibility index (Phi) is 4.69. The third-order valence-electron chi connectivity index (χ3n) is 1.76. The first kappa shape index (κ1) is 11.6. The molecule has 0 unspecified atom stereocenters. The Bertz CT molecular complexity index is 314. The first-order chi connectivity index (χ1) is 7.26. The number of amides is 1. The average molecular weight is 215 g/mol. The van der Waals surface area contributed by atoms with E-state index in [-0.39, 0.29) is 19.1 Å². The molecule has 0 aliphatic rings. The highest BCUT2D eigenvalue weighted by molar-refractivity contribution is 5.77. The lowest BCUT2D eigenvalue weighted by Crippen LogP contribution is -2.29. The number of carbonyl (C=O) groups excluding carboxylic acids is 1. The van der Waals surface area contributed by atoms with E-state index in [0.717, 1.165) is 0 Å². The van der Waals surface area contributed by atoms with Gasteiger partial charge in [-0.1, -0.05) is 5.21 Å². The molecule has 1 amide bonds. The summed E-state index contributed by atoms with van der Waals surface area (Å²) < 4.78 is 13.4. The summed E-state index contributed by atoms with van der Waals surface area (Å²) in [5, 5.41) is 10.1. The number of aromatic nitrogens is 3. The summed E-state index contributed by atoms with van der Waals surface area (Å²) in [5.41, 5.74) is 5.75. The lowest BCUT2D eigenvalue weighted by atomic mass is 10.4. The van der Waals surface area contributed by atoms with Crippen molar-refractivity contribution in [2.75, 3.05) is 13.2 Å². The molecule has 6 nitrogen and oxygen atoms in total. The predicted octanol–water partition coefficient (Wildman–Crippen LogP) is -0.787. The Balaban J connectivity index is 2.35. The molecule has 0 fully saturated rings. The van der Waals surface area contributed by atoms with Gasteiger partial charge in [-0.05, 0) is 6.42 Å². The van der Waals surface area contributed by atoms with Gasteiger partial charge in [0.15, 0.2) is 0 Å². The van der Waals surface area contributed by atoms with Gasteiger partial charge >= 0.3 is 0 Å². The number of rotatable bonds is 6. The van der Waals surface area contributed by atoms with E-state index >= 15 is 0 Å². The number of hydrogen-bond donors (Lipinski definition) is 2. The number of halogens is 1. The lowest BCUT2D eigenvalue weighted by Gasteiger charge is -1.98. The maximum Gasteiger partial charge on any atom is 0.234 e. The summed E-state index contributed by atoms with van der Waals surface area (Å²) in [5.74, 6) is -0.242. The van der Waals surface area contributed by atoms with Crippen LogP contribution in [0.2, 0.25) is 0 Å². The Morgan fingerprint density at radius 1 is 1.67 bits per heavy atom. The van der Waals surface area contributed by atoms with Crippen LogP contribution in [0.4, 0.5) is 4.39 Å². The standard InChI is InChI=1S/C8H14FN5O/c9-2-1-3-14-6-7(12-13-14)5-11-8(15)4-10/h6H,1-5,10H2,(H,11,15). The van der Waals surface area contributed by atoms with E-state index in [9.17, 15) is 9.18 Å². The molecule has 0 saturated carbocycles. The van der Waals surface area contributed by atoms with Gasteiger partial charge in [-0.3, -0.25) is 13.9 Å². The van der Waals surface area contributed by atoms with Gasteiger partial charge in [-0.25, -0.2) is 0 Å². The van der Waals surface area contributed by atoms with Gasteiger partial charge in [0.2, 0.25) is 5.91 Å². The second kappa shape index (κ2) is 6.07. The zero-order chi connectivity index (χ0) is 11.1. The maximum atomic E-state index is 11.9. The Hall–Kier alpha value is -1.50. The molecule has 0 bridgehead atoms. The van der Waals surface area contributed by atoms with Crippen LogP contribution in [0.3, 0.4) is 0 Å². The number of carbonyl (C=O) groups is 1. The maximum absolute atomic E-state index is 11.9. The van der Waals surface area contributed by atoms with E-state index in [1.165, 1.54) is 0 Å². The van der Waals surface area contributed by atoms with Crippen molar-refractivity contribution >= 4 is 5.91 Å². The summed E-state index contributed by atoms with van der Waals surface area (Å²) in [4.78, 5) is 10.8. The number of hydrogen-bond acceptors (Lipinski definition) is 4. The zero-order valence-electron chi connectivity index (χ0n) is 8.32. The lowest BCUT2D eigenvalue weighted by molar-refractivity contribution is -0.119. The van der Waals surface area contributed by atoms with Crippen LogP contribution in [0.5, 0.6) is 0 Å². The first-order valence-electron chi connectivity index (χ1n) is 4.68. The molecule has 0 spiro atoms. The minimum atomic E-state index is -0.376. The number of alkyl halides is 1. The quantitative estimate of drug-likeness (QED) is 0.651.